The minimum atomic E-state index is -0.492. The van der Waals surface area contributed by atoms with Crippen molar-refractivity contribution in [2.45, 2.75) is 13.0 Å². The summed E-state index contributed by atoms with van der Waals surface area (Å²) in [6.45, 7) is 1.77. The average Bonchev–Trinajstić information content (AvgIpc) is 2.87. The van der Waals surface area contributed by atoms with Crippen molar-refractivity contribution in [3.05, 3.63) is 39.1 Å². The Morgan fingerprint density at radius 3 is 3.00 bits per heavy atom. The maximum absolute atomic E-state index is 11.6. The van der Waals surface area contributed by atoms with E-state index in [2.05, 4.69) is 20.9 Å². The number of furan rings is 1. The topological polar surface area (TPSA) is 52.3 Å². The maximum Gasteiger partial charge on any atom is 0.374 e. The first-order valence-electron chi connectivity index (χ1n) is 4.52. The average molecular weight is 302 g/mol. The molecule has 0 bridgehead atoms. The van der Waals surface area contributed by atoms with Crippen LogP contribution in [0.3, 0.4) is 0 Å². The van der Waals surface area contributed by atoms with Gasteiger partial charge in [0.2, 0.25) is 5.76 Å². The number of rotatable bonds is 3. The summed E-state index contributed by atoms with van der Waals surface area (Å²) in [7, 11) is 0. The number of hydrogen-bond donors (Lipinski definition) is 0. The van der Waals surface area contributed by atoms with Gasteiger partial charge in [0.05, 0.1) is 0 Å². The van der Waals surface area contributed by atoms with Crippen molar-refractivity contribution in [3.8, 4) is 0 Å². The monoisotopic (exact) mass is 301 g/mol. The standard InChI is InChI=1S/C10H8BrNO3S/c1-6(9-12-4-5-16-9)14-10(13)7-2-3-8(11)15-7/h2-6H,1H3/t6-/m1/s1. The van der Waals surface area contributed by atoms with Crippen molar-refractivity contribution in [2.24, 2.45) is 0 Å². The number of nitrogens with zero attached hydrogens (tertiary/aromatic N) is 1. The molecule has 0 unspecified atom stereocenters. The van der Waals surface area contributed by atoms with Crippen molar-refractivity contribution in [1.82, 2.24) is 4.98 Å². The summed E-state index contributed by atoms with van der Waals surface area (Å²) in [5.41, 5.74) is 0. The molecule has 0 radical (unpaired) electrons. The zero-order chi connectivity index (χ0) is 11.5. The Hall–Kier alpha value is -1.14. The predicted octanol–water partition coefficient (Wildman–Crippen LogP) is 3.42. The molecule has 2 heterocycles. The first-order chi connectivity index (χ1) is 7.66. The number of ether oxygens (including phenoxy) is 1. The highest BCUT2D eigenvalue weighted by molar-refractivity contribution is 9.10. The minimum Gasteiger partial charge on any atom is -0.449 e. The molecule has 6 heteroatoms. The summed E-state index contributed by atoms with van der Waals surface area (Å²) in [6, 6.07) is 3.20. The van der Waals surface area contributed by atoms with Crippen LogP contribution in [0.15, 0.2) is 32.8 Å². The zero-order valence-electron chi connectivity index (χ0n) is 8.34. The lowest BCUT2D eigenvalue weighted by Gasteiger charge is -2.08. The van der Waals surface area contributed by atoms with Gasteiger partial charge in [-0.25, -0.2) is 9.78 Å². The van der Waals surface area contributed by atoms with Crippen LogP contribution in [0.2, 0.25) is 0 Å². The third-order valence-corrected chi connectivity index (χ3v) is 3.22. The van der Waals surface area contributed by atoms with E-state index in [0.717, 1.165) is 5.01 Å². The van der Waals surface area contributed by atoms with Crippen LogP contribution in [0.5, 0.6) is 0 Å². The van der Waals surface area contributed by atoms with E-state index in [1.807, 2.05) is 5.38 Å². The van der Waals surface area contributed by atoms with Gasteiger partial charge in [0.15, 0.2) is 10.8 Å². The lowest BCUT2D eigenvalue weighted by Crippen LogP contribution is -2.08. The van der Waals surface area contributed by atoms with Crippen molar-refractivity contribution in [2.75, 3.05) is 0 Å². The van der Waals surface area contributed by atoms with Crippen LogP contribution < -0.4 is 0 Å². The molecule has 0 aliphatic carbocycles. The van der Waals surface area contributed by atoms with Gasteiger partial charge in [-0.1, -0.05) is 0 Å². The number of hydrogen-bond acceptors (Lipinski definition) is 5. The van der Waals surface area contributed by atoms with Gasteiger partial charge in [-0.2, -0.15) is 0 Å². The van der Waals surface area contributed by atoms with Crippen molar-refractivity contribution < 1.29 is 13.9 Å². The van der Waals surface area contributed by atoms with E-state index < -0.39 is 5.97 Å². The molecule has 0 fully saturated rings. The first-order valence-corrected chi connectivity index (χ1v) is 6.20. The fourth-order valence-electron chi connectivity index (χ4n) is 1.13. The molecule has 0 spiro atoms. The Morgan fingerprint density at radius 2 is 2.44 bits per heavy atom. The van der Waals surface area contributed by atoms with Crippen LogP contribution in [0.1, 0.15) is 28.6 Å². The van der Waals surface area contributed by atoms with Crippen LogP contribution in [0.25, 0.3) is 0 Å². The smallest absolute Gasteiger partial charge is 0.374 e. The lowest BCUT2D eigenvalue weighted by molar-refractivity contribution is 0.0299. The Labute approximate surface area is 104 Å². The predicted molar refractivity (Wildman–Crippen MR) is 62.4 cm³/mol. The van der Waals surface area contributed by atoms with Crippen molar-refractivity contribution >= 4 is 33.2 Å². The van der Waals surface area contributed by atoms with E-state index in [9.17, 15) is 4.79 Å². The molecule has 2 rings (SSSR count). The summed E-state index contributed by atoms with van der Waals surface area (Å²) in [5, 5.41) is 2.60. The van der Waals surface area contributed by atoms with Crippen molar-refractivity contribution in [1.29, 1.82) is 0 Å². The first kappa shape index (κ1) is 11.3. The Bertz CT molecular complexity index is 480. The number of aromatic nitrogens is 1. The van der Waals surface area contributed by atoms with Gasteiger partial charge in [0, 0.05) is 11.6 Å². The molecule has 1 atom stereocenters. The summed E-state index contributed by atoms with van der Waals surface area (Å²) in [4.78, 5) is 15.7. The van der Waals surface area contributed by atoms with Gasteiger partial charge in [0.1, 0.15) is 5.01 Å². The van der Waals surface area contributed by atoms with E-state index in [-0.39, 0.29) is 11.9 Å². The number of carbonyl (C=O) groups excluding carboxylic acids is 1. The van der Waals surface area contributed by atoms with E-state index >= 15 is 0 Å². The fraction of sp³-hybridized carbons (Fsp3) is 0.200. The van der Waals surface area contributed by atoms with Gasteiger partial charge < -0.3 is 9.15 Å². The van der Waals surface area contributed by atoms with Crippen molar-refractivity contribution in [3.63, 3.8) is 0 Å². The van der Waals surface area contributed by atoms with Crippen LogP contribution >= 0.6 is 27.3 Å². The molecular formula is C10H8BrNO3S. The second kappa shape index (κ2) is 4.80. The van der Waals surface area contributed by atoms with Gasteiger partial charge in [-0.15, -0.1) is 11.3 Å². The molecule has 0 aliphatic rings. The van der Waals surface area contributed by atoms with Crippen LogP contribution in [0, 0.1) is 0 Å². The largest absolute Gasteiger partial charge is 0.449 e. The Morgan fingerprint density at radius 1 is 1.62 bits per heavy atom. The molecular weight excluding hydrogens is 294 g/mol. The summed E-state index contributed by atoms with van der Waals surface area (Å²) in [5.74, 6) is -0.316. The SMILES string of the molecule is C[C@@H](OC(=O)c1ccc(Br)o1)c1nccs1. The Balaban J connectivity index is 2.03. The number of halogens is 1. The molecule has 0 aliphatic heterocycles. The number of carbonyl (C=O) groups is 1. The molecule has 0 amide bonds. The van der Waals surface area contributed by atoms with Gasteiger partial charge in [-0.05, 0) is 35.0 Å². The maximum atomic E-state index is 11.6. The molecule has 2 aromatic heterocycles. The second-order valence-electron chi connectivity index (χ2n) is 3.02. The molecule has 84 valence electrons. The van der Waals surface area contributed by atoms with Crippen LogP contribution in [-0.4, -0.2) is 11.0 Å². The van der Waals surface area contributed by atoms with E-state index in [4.69, 9.17) is 9.15 Å². The third-order valence-electron chi connectivity index (χ3n) is 1.86. The zero-order valence-corrected chi connectivity index (χ0v) is 10.7. The van der Waals surface area contributed by atoms with Crippen LogP contribution in [-0.2, 0) is 4.74 Å². The lowest BCUT2D eigenvalue weighted by atomic mass is 10.4. The second-order valence-corrected chi connectivity index (χ2v) is 4.73. The highest BCUT2D eigenvalue weighted by Crippen LogP contribution is 2.22. The minimum absolute atomic E-state index is 0.176. The van der Waals surface area contributed by atoms with Crippen LogP contribution in [0.4, 0.5) is 0 Å². The fourth-order valence-corrected chi connectivity index (χ4v) is 2.06. The molecule has 0 aromatic carbocycles. The molecule has 16 heavy (non-hydrogen) atoms. The molecule has 4 nitrogen and oxygen atoms in total. The Kier molecular flexibility index (Phi) is 3.40. The third kappa shape index (κ3) is 2.51. The summed E-state index contributed by atoms with van der Waals surface area (Å²) < 4.78 is 10.8. The summed E-state index contributed by atoms with van der Waals surface area (Å²) in [6.07, 6.45) is 1.31. The highest BCUT2D eigenvalue weighted by atomic mass is 79.9. The van der Waals surface area contributed by atoms with E-state index in [1.54, 1.807) is 25.3 Å². The van der Waals surface area contributed by atoms with Gasteiger partial charge in [-0.3, -0.25) is 0 Å². The molecule has 2 aromatic rings. The van der Waals surface area contributed by atoms with E-state index in [1.165, 1.54) is 11.3 Å². The van der Waals surface area contributed by atoms with E-state index in [0.29, 0.717) is 4.67 Å². The highest BCUT2D eigenvalue weighted by Gasteiger charge is 2.18. The molecule has 0 saturated heterocycles. The normalized spacial score (nSPS) is 12.4. The quantitative estimate of drug-likeness (QED) is 0.815. The number of esters is 1. The number of thiazole rings is 1. The van der Waals surface area contributed by atoms with Gasteiger partial charge in [0.25, 0.3) is 0 Å². The molecule has 0 N–H and O–H groups in total. The van der Waals surface area contributed by atoms with Gasteiger partial charge >= 0.3 is 5.97 Å². The molecule has 0 saturated carbocycles. The summed E-state index contributed by atoms with van der Waals surface area (Å²) >= 11 is 4.57.